The van der Waals surface area contributed by atoms with E-state index in [1.54, 1.807) is 24.3 Å². The van der Waals surface area contributed by atoms with Gasteiger partial charge in [0, 0.05) is 47.3 Å². The lowest BCUT2D eigenvalue weighted by molar-refractivity contribution is 0.0612. The summed E-state index contributed by atoms with van der Waals surface area (Å²) in [4.78, 5) is 40.1. The van der Waals surface area contributed by atoms with Crippen LogP contribution in [0.4, 0.5) is 0 Å². The Labute approximate surface area is 289 Å². The summed E-state index contributed by atoms with van der Waals surface area (Å²) in [5, 5.41) is 2.30. The average molecular weight is 667 g/mol. The van der Waals surface area contributed by atoms with E-state index >= 15 is 0 Å². The van der Waals surface area contributed by atoms with Crippen LogP contribution in [-0.4, -0.2) is 95.3 Å². The SMILES string of the molecule is Cc1ccc2cc(C[C@@H](CN)N(C)C)ccc2n1.Cc1ccc2cc(C[C@@H](CN3C(=O)c4ccccc4C3=O)N(C)C)ccc2n1.NN.O. The number of rotatable bonds is 9. The molecule has 11 nitrogen and oxygen atoms in total. The third-order valence-electron chi connectivity index (χ3n) is 8.73. The molecule has 49 heavy (non-hydrogen) atoms. The van der Waals surface area contributed by atoms with Crippen molar-refractivity contribution in [1.29, 1.82) is 0 Å². The number of amides is 2. The Morgan fingerprint density at radius 1 is 0.653 bits per heavy atom. The molecule has 1 aliphatic rings. The first-order chi connectivity index (χ1) is 23.0. The third-order valence-corrected chi connectivity index (χ3v) is 8.73. The van der Waals surface area contributed by atoms with E-state index in [9.17, 15) is 9.59 Å². The molecule has 0 spiro atoms. The molecule has 8 N–H and O–H groups in total. The van der Waals surface area contributed by atoms with Crippen molar-refractivity contribution in [3.8, 4) is 0 Å². The number of likely N-dealkylation sites (N-methyl/N-ethyl adjacent to an activating group) is 2. The van der Waals surface area contributed by atoms with Gasteiger partial charge in [-0.05, 0) is 115 Å². The van der Waals surface area contributed by atoms with E-state index in [0.29, 0.717) is 30.3 Å². The molecule has 3 heterocycles. The Bertz CT molecular complexity index is 1840. The number of aryl methyl sites for hydroxylation is 2. The van der Waals surface area contributed by atoms with E-state index in [1.807, 2.05) is 40.1 Å². The molecule has 3 aromatic carbocycles. The number of hydrazine groups is 1. The first-order valence-corrected chi connectivity index (χ1v) is 16.1. The van der Waals surface area contributed by atoms with Gasteiger partial charge in [0.05, 0.1) is 22.2 Å². The molecular weight excluding hydrogens is 616 g/mol. The van der Waals surface area contributed by atoms with Crippen molar-refractivity contribution in [2.75, 3.05) is 41.3 Å². The quantitative estimate of drug-likeness (QED) is 0.121. The number of benzene rings is 3. The predicted molar refractivity (Wildman–Crippen MR) is 198 cm³/mol. The maximum atomic E-state index is 12.7. The Kier molecular flexibility index (Phi) is 14.0. The highest BCUT2D eigenvalue weighted by Crippen LogP contribution is 2.24. The van der Waals surface area contributed by atoms with Crippen LogP contribution in [0.3, 0.4) is 0 Å². The van der Waals surface area contributed by atoms with Crippen molar-refractivity contribution in [2.45, 2.75) is 38.8 Å². The van der Waals surface area contributed by atoms with Crippen molar-refractivity contribution in [2.24, 2.45) is 17.4 Å². The molecule has 0 unspecified atom stereocenters. The molecule has 0 fully saturated rings. The van der Waals surface area contributed by atoms with Crippen molar-refractivity contribution in [3.05, 3.63) is 119 Å². The van der Waals surface area contributed by atoms with E-state index in [0.717, 1.165) is 46.2 Å². The number of carbonyl (C=O) groups is 2. The minimum atomic E-state index is -0.203. The molecule has 2 atom stereocenters. The minimum Gasteiger partial charge on any atom is -0.412 e. The lowest BCUT2D eigenvalue weighted by Gasteiger charge is -2.28. The summed E-state index contributed by atoms with van der Waals surface area (Å²) >= 11 is 0. The van der Waals surface area contributed by atoms with Crippen LogP contribution in [0.5, 0.6) is 0 Å². The highest BCUT2D eigenvalue weighted by Gasteiger charge is 2.36. The maximum Gasteiger partial charge on any atom is 0.261 e. The second-order valence-electron chi connectivity index (χ2n) is 12.6. The largest absolute Gasteiger partial charge is 0.412 e. The van der Waals surface area contributed by atoms with Crippen LogP contribution in [0.2, 0.25) is 0 Å². The van der Waals surface area contributed by atoms with Gasteiger partial charge in [0.25, 0.3) is 11.8 Å². The highest BCUT2D eigenvalue weighted by molar-refractivity contribution is 6.21. The van der Waals surface area contributed by atoms with E-state index in [2.05, 4.69) is 94.1 Å². The Hall–Kier alpha value is -4.62. The molecule has 0 radical (unpaired) electrons. The third kappa shape index (κ3) is 9.51. The topological polar surface area (TPSA) is 179 Å². The van der Waals surface area contributed by atoms with Crippen LogP contribution in [-0.2, 0) is 12.8 Å². The zero-order valence-corrected chi connectivity index (χ0v) is 29.4. The lowest BCUT2D eigenvalue weighted by Crippen LogP contribution is -2.44. The van der Waals surface area contributed by atoms with Crippen molar-refractivity contribution < 1.29 is 15.1 Å². The van der Waals surface area contributed by atoms with E-state index < -0.39 is 0 Å². The molecule has 2 aromatic heterocycles. The van der Waals surface area contributed by atoms with Crippen molar-refractivity contribution in [1.82, 2.24) is 24.7 Å². The summed E-state index contributed by atoms with van der Waals surface area (Å²) in [5.74, 6) is 7.59. The molecule has 0 saturated heterocycles. The molecule has 2 amide bonds. The normalized spacial score (nSPS) is 13.4. The first kappa shape index (κ1) is 38.8. The van der Waals surface area contributed by atoms with Gasteiger partial charge in [0.2, 0.25) is 0 Å². The number of nitrogens with zero attached hydrogens (tertiary/aromatic N) is 5. The first-order valence-electron chi connectivity index (χ1n) is 16.1. The predicted octanol–water partition coefficient (Wildman–Crippen LogP) is 3.28. The summed E-state index contributed by atoms with van der Waals surface area (Å²) < 4.78 is 0. The van der Waals surface area contributed by atoms with Gasteiger partial charge in [-0.1, -0.05) is 36.4 Å². The molecule has 11 heteroatoms. The summed E-state index contributed by atoms with van der Waals surface area (Å²) in [7, 11) is 8.11. The summed E-state index contributed by atoms with van der Waals surface area (Å²) in [6.07, 6.45) is 1.72. The van der Waals surface area contributed by atoms with Crippen LogP contribution in [0.1, 0.15) is 43.2 Å². The lowest BCUT2D eigenvalue weighted by atomic mass is 10.0. The molecule has 0 saturated carbocycles. The van der Waals surface area contributed by atoms with Gasteiger partial charge in [-0.25, -0.2) is 0 Å². The van der Waals surface area contributed by atoms with Crippen LogP contribution in [0, 0.1) is 13.8 Å². The maximum absolute atomic E-state index is 12.7. The number of carbonyl (C=O) groups excluding carboxylic acids is 2. The number of imide groups is 1. The number of pyridine rings is 2. The Morgan fingerprint density at radius 3 is 1.49 bits per heavy atom. The standard InChI is InChI=1S/C23H23N3O2.C15H21N3.H4N2.H2O/c1-15-8-10-17-12-16(9-11-21(17)24-15)13-18(25(2)3)14-26-22(27)19-6-4-5-7-20(19)23(26)28;1-11-4-6-13-8-12(5-7-15(13)17-11)9-14(10-16)18(2)3;1-2;/h4-12,18H,13-14H2,1-3H3;4-8,14H,9-10,16H2,1-3H3;1-2H2;1H2/t18-;14-;;/m00../s1. The van der Waals surface area contributed by atoms with Crippen LogP contribution < -0.4 is 17.4 Å². The van der Waals surface area contributed by atoms with E-state index in [1.165, 1.54) is 15.8 Å². The second-order valence-corrected chi connectivity index (χ2v) is 12.6. The molecule has 6 rings (SSSR count). The van der Waals surface area contributed by atoms with Gasteiger partial charge in [-0.2, -0.15) is 0 Å². The van der Waals surface area contributed by atoms with Gasteiger partial charge in [-0.15, -0.1) is 0 Å². The molecule has 0 bridgehead atoms. The monoisotopic (exact) mass is 666 g/mol. The molecule has 5 aromatic rings. The van der Waals surface area contributed by atoms with Gasteiger partial charge >= 0.3 is 0 Å². The van der Waals surface area contributed by atoms with Crippen molar-refractivity contribution >= 4 is 33.6 Å². The molecule has 0 aliphatic carbocycles. The number of nitrogens with two attached hydrogens (primary N) is 3. The van der Waals surface area contributed by atoms with E-state index in [4.69, 9.17) is 5.73 Å². The van der Waals surface area contributed by atoms with E-state index in [-0.39, 0.29) is 23.3 Å². The fraction of sp³-hybridized carbons (Fsp3) is 0.316. The van der Waals surface area contributed by atoms with Gasteiger partial charge in [-0.3, -0.25) is 36.1 Å². The highest BCUT2D eigenvalue weighted by atomic mass is 16.2. The molecular formula is C38H50N8O3. The summed E-state index contributed by atoms with van der Waals surface area (Å²) in [6.45, 7) is 5.04. The van der Waals surface area contributed by atoms with Crippen molar-refractivity contribution in [3.63, 3.8) is 0 Å². The van der Waals surface area contributed by atoms with Crippen LogP contribution >= 0.6 is 0 Å². The second kappa shape index (κ2) is 17.7. The van der Waals surface area contributed by atoms with Gasteiger partial charge in [0.15, 0.2) is 0 Å². The van der Waals surface area contributed by atoms with Crippen LogP contribution in [0.15, 0.2) is 84.9 Å². The summed E-state index contributed by atoms with van der Waals surface area (Å²) in [5.41, 5.74) is 13.4. The molecule has 1 aliphatic heterocycles. The average Bonchev–Trinajstić information content (AvgIpc) is 3.32. The zero-order valence-electron chi connectivity index (χ0n) is 29.4. The number of hydrogen-bond donors (Lipinski definition) is 3. The molecule has 260 valence electrons. The Morgan fingerprint density at radius 2 is 1.08 bits per heavy atom. The Balaban J connectivity index is 0.000000269. The minimum absolute atomic E-state index is 0. The number of aromatic nitrogens is 2. The summed E-state index contributed by atoms with van der Waals surface area (Å²) in [6, 6.07) is 28.4. The number of hydrogen-bond acceptors (Lipinski definition) is 9. The smallest absolute Gasteiger partial charge is 0.261 e. The number of fused-ring (bicyclic) bond motifs is 3. The zero-order chi connectivity index (χ0) is 35.0. The van der Waals surface area contributed by atoms with Crippen LogP contribution in [0.25, 0.3) is 21.8 Å². The fourth-order valence-electron chi connectivity index (χ4n) is 5.85. The van der Waals surface area contributed by atoms with Gasteiger partial charge < -0.3 is 21.0 Å². The fourth-order valence-corrected chi connectivity index (χ4v) is 5.85. The van der Waals surface area contributed by atoms with Gasteiger partial charge in [0.1, 0.15) is 0 Å².